The monoisotopic (exact) mass is 334 g/mol. The molecule has 1 amide bonds. The summed E-state index contributed by atoms with van der Waals surface area (Å²) in [5.41, 5.74) is 0.847. The number of ether oxygens (including phenoxy) is 1. The van der Waals surface area contributed by atoms with E-state index in [0.29, 0.717) is 27.0 Å². The van der Waals surface area contributed by atoms with Gasteiger partial charge in [0.15, 0.2) is 6.10 Å². The molecule has 0 heterocycles. The van der Waals surface area contributed by atoms with Gasteiger partial charge in [0.25, 0.3) is 5.91 Å². The van der Waals surface area contributed by atoms with Gasteiger partial charge in [0.2, 0.25) is 0 Å². The molecule has 2 rings (SSSR count). The first-order valence-electron chi connectivity index (χ1n) is 6.42. The van der Waals surface area contributed by atoms with E-state index in [9.17, 15) is 4.79 Å². The van der Waals surface area contributed by atoms with Gasteiger partial charge >= 0.3 is 0 Å². The lowest BCUT2D eigenvalue weighted by atomic mass is 10.2. The molecule has 0 saturated heterocycles. The number of nitrogens with zero attached hydrogens (tertiary/aromatic N) is 1. The third-order valence-corrected chi connectivity index (χ3v) is 3.25. The Bertz CT molecular complexity index is 721. The molecule has 0 bridgehead atoms. The van der Waals surface area contributed by atoms with Crippen molar-refractivity contribution in [3.63, 3.8) is 0 Å². The number of halogens is 2. The average Bonchev–Trinajstić information content (AvgIpc) is 2.46. The van der Waals surface area contributed by atoms with E-state index in [-0.39, 0.29) is 5.91 Å². The predicted molar refractivity (Wildman–Crippen MR) is 86.3 cm³/mol. The summed E-state index contributed by atoms with van der Waals surface area (Å²) in [6.07, 6.45) is -0.785. The van der Waals surface area contributed by atoms with Gasteiger partial charge in [-0.2, -0.15) is 5.26 Å². The summed E-state index contributed by atoms with van der Waals surface area (Å²) >= 11 is 11.8. The first-order valence-corrected chi connectivity index (χ1v) is 7.18. The number of nitrogens with one attached hydrogen (secondary N) is 1. The molecule has 0 saturated carbocycles. The fraction of sp³-hybridized carbons (Fsp3) is 0.125. The number of para-hydroxylation sites is 1. The molecule has 2 aromatic rings. The maximum Gasteiger partial charge on any atom is 0.265 e. The van der Waals surface area contributed by atoms with Crippen LogP contribution in [0.4, 0.5) is 5.69 Å². The fourth-order valence-corrected chi connectivity index (χ4v) is 2.30. The summed E-state index contributed by atoms with van der Waals surface area (Å²) in [4.78, 5) is 12.1. The molecule has 0 unspecified atom stereocenters. The fourth-order valence-electron chi connectivity index (χ4n) is 1.78. The Balaban J connectivity index is 2.08. The molecule has 112 valence electrons. The van der Waals surface area contributed by atoms with Crippen LogP contribution in [0.1, 0.15) is 12.5 Å². The lowest BCUT2D eigenvalue weighted by Gasteiger charge is -2.15. The molecular weight excluding hydrogens is 323 g/mol. The highest BCUT2D eigenvalue weighted by Crippen LogP contribution is 2.23. The Kier molecular flexibility index (Phi) is 5.26. The predicted octanol–water partition coefficient (Wildman–Crippen LogP) is 4.27. The van der Waals surface area contributed by atoms with Gasteiger partial charge in [-0.05, 0) is 37.3 Å². The van der Waals surface area contributed by atoms with Gasteiger partial charge in [0.05, 0.1) is 5.56 Å². The third-order valence-electron chi connectivity index (χ3n) is 2.81. The summed E-state index contributed by atoms with van der Waals surface area (Å²) in [5.74, 6) is -0.0112. The van der Waals surface area contributed by atoms with Crippen LogP contribution < -0.4 is 10.1 Å². The zero-order valence-corrected chi connectivity index (χ0v) is 13.2. The standard InChI is InChI=1S/C16H12Cl2N2O2/c1-10(22-15-5-3-2-4-11(15)9-19)16(21)20-14-7-12(17)6-13(18)8-14/h2-8,10H,1H3,(H,20,21)/t10-/m0/s1. The van der Waals surface area contributed by atoms with Crippen molar-refractivity contribution in [1.82, 2.24) is 0 Å². The second-order valence-electron chi connectivity index (χ2n) is 4.52. The highest BCUT2D eigenvalue weighted by molar-refractivity contribution is 6.35. The number of hydrogen-bond donors (Lipinski definition) is 1. The Hall–Kier alpha value is -2.22. The van der Waals surface area contributed by atoms with E-state index in [4.69, 9.17) is 33.2 Å². The number of carbonyl (C=O) groups excluding carboxylic acids is 1. The molecule has 0 radical (unpaired) electrons. The summed E-state index contributed by atoms with van der Waals surface area (Å²) in [7, 11) is 0. The van der Waals surface area contributed by atoms with E-state index in [1.54, 1.807) is 49.4 Å². The van der Waals surface area contributed by atoms with Gasteiger partial charge in [-0.15, -0.1) is 0 Å². The van der Waals surface area contributed by atoms with E-state index in [0.717, 1.165) is 0 Å². The number of carbonyl (C=O) groups is 1. The smallest absolute Gasteiger partial charge is 0.265 e. The Morgan fingerprint density at radius 3 is 2.50 bits per heavy atom. The van der Waals surface area contributed by atoms with Gasteiger partial charge in [0.1, 0.15) is 11.8 Å². The van der Waals surface area contributed by atoms with Crippen molar-refractivity contribution in [3.8, 4) is 11.8 Å². The Labute approximate surface area is 138 Å². The van der Waals surface area contributed by atoms with Crippen LogP contribution in [0.3, 0.4) is 0 Å². The van der Waals surface area contributed by atoms with Crippen LogP contribution in [0.2, 0.25) is 10.0 Å². The molecule has 1 N–H and O–H groups in total. The van der Waals surface area contributed by atoms with Gasteiger partial charge in [-0.25, -0.2) is 0 Å². The number of amides is 1. The van der Waals surface area contributed by atoms with Crippen molar-refractivity contribution >= 4 is 34.8 Å². The molecule has 0 fully saturated rings. The van der Waals surface area contributed by atoms with Crippen molar-refractivity contribution in [3.05, 3.63) is 58.1 Å². The van der Waals surface area contributed by atoms with Crippen molar-refractivity contribution in [2.24, 2.45) is 0 Å². The highest BCUT2D eigenvalue weighted by Gasteiger charge is 2.16. The lowest BCUT2D eigenvalue weighted by Crippen LogP contribution is -2.30. The number of nitriles is 1. The molecule has 0 aliphatic rings. The number of anilines is 1. The molecule has 1 atom stereocenters. The number of hydrogen-bond acceptors (Lipinski definition) is 3. The van der Waals surface area contributed by atoms with Crippen LogP contribution in [-0.2, 0) is 4.79 Å². The van der Waals surface area contributed by atoms with E-state index >= 15 is 0 Å². The zero-order valence-electron chi connectivity index (χ0n) is 11.6. The number of rotatable bonds is 4. The van der Waals surface area contributed by atoms with Crippen molar-refractivity contribution in [2.45, 2.75) is 13.0 Å². The van der Waals surface area contributed by atoms with Crippen LogP contribution in [0, 0.1) is 11.3 Å². The van der Waals surface area contributed by atoms with Gasteiger partial charge < -0.3 is 10.1 Å². The normalized spacial score (nSPS) is 11.4. The molecule has 0 aliphatic carbocycles. The van der Waals surface area contributed by atoms with E-state index < -0.39 is 6.10 Å². The first-order chi connectivity index (χ1) is 10.5. The van der Waals surface area contributed by atoms with Gasteiger partial charge in [-0.1, -0.05) is 35.3 Å². The number of benzene rings is 2. The molecule has 4 nitrogen and oxygen atoms in total. The minimum Gasteiger partial charge on any atom is -0.480 e. The maximum absolute atomic E-state index is 12.1. The molecule has 0 aromatic heterocycles. The SMILES string of the molecule is C[C@H](Oc1ccccc1C#N)C(=O)Nc1cc(Cl)cc(Cl)c1. The molecule has 2 aromatic carbocycles. The second-order valence-corrected chi connectivity index (χ2v) is 5.39. The van der Waals surface area contributed by atoms with Crippen LogP contribution in [0.25, 0.3) is 0 Å². The highest BCUT2D eigenvalue weighted by atomic mass is 35.5. The summed E-state index contributed by atoms with van der Waals surface area (Å²) in [6.45, 7) is 1.59. The zero-order chi connectivity index (χ0) is 16.1. The largest absolute Gasteiger partial charge is 0.480 e. The summed E-state index contributed by atoms with van der Waals surface area (Å²) in [6, 6.07) is 13.5. The van der Waals surface area contributed by atoms with Gasteiger partial charge in [0, 0.05) is 15.7 Å². The van der Waals surface area contributed by atoms with Crippen LogP contribution in [-0.4, -0.2) is 12.0 Å². The van der Waals surface area contributed by atoms with E-state index in [1.807, 2.05) is 6.07 Å². The topological polar surface area (TPSA) is 62.1 Å². The van der Waals surface area contributed by atoms with Crippen LogP contribution >= 0.6 is 23.2 Å². The van der Waals surface area contributed by atoms with Crippen molar-refractivity contribution < 1.29 is 9.53 Å². The summed E-state index contributed by atoms with van der Waals surface area (Å²) in [5, 5.41) is 12.5. The van der Waals surface area contributed by atoms with Crippen molar-refractivity contribution in [1.29, 1.82) is 5.26 Å². The van der Waals surface area contributed by atoms with E-state index in [2.05, 4.69) is 5.32 Å². The minimum atomic E-state index is -0.785. The second kappa shape index (κ2) is 7.17. The van der Waals surface area contributed by atoms with Crippen molar-refractivity contribution in [2.75, 3.05) is 5.32 Å². The third kappa shape index (κ3) is 4.14. The maximum atomic E-state index is 12.1. The quantitative estimate of drug-likeness (QED) is 0.907. The molecule has 6 heteroatoms. The molecule has 0 aliphatic heterocycles. The Morgan fingerprint density at radius 1 is 1.23 bits per heavy atom. The minimum absolute atomic E-state index is 0.358. The summed E-state index contributed by atoms with van der Waals surface area (Å²) < 4.78 is 5.53. The van der Waals surface area contributed by atoms with Crippen LogP contribution in [0.5, 0.6) is 5.75 Å². The van der Waals surface area contributed by atoms with Crippen LogP contribution in [0.15, 0.2) is 42.5 Å². The molecule has 22 heavy (non-hydrogen) atoms. The average molecular weight is 335 g/mol. The van der Waals surface area contributed by atoms with E-state index in [1.165, 1.54) is 0 Å². The first kappa shape index (κ1) is 16.2. The molecular formula is C16H12Cl2N2O2. The molecule has 0 spiro atoms. The Morgan fingerprint density at radius 2 is 1.86 bits per heavy atom. The van der Waals surface area contributed by atoms with Gasteiger partial charge in [-0.3, -0.25) is 4.79 Å². The lowest BCUT2D eigenvalue weighted by molar-refractivity contribution is -0.122.